The van der Waals surface area contributed by atoms with Crippen molar-refractivity contribution in [3.8, 4) is 0 Å². The van der Waals surface area contributed by atoms with E-state index in [-0.39, 0.29) is 11.5 Å². The van der Waals surface area contributed by atoms with Crippen molar-refractivity contribution in [1.29, 1.82) is 0 Å². The fourth-order valence-corrected chi connectivity index (χ4v) is 2.05. The fraction of sp³-hybridized carbons (Fsp3) is 0.235. The predicted molar refractivity (Wildman–Crippen MR) is 79.4 cm³/mol. The molecule has 2 N–H and O–H groups in total. The van der Waals surface area contributed by atoms with Crippen molar-refractivity contribution in [2.45, 2.75) is 26.2 Å². The van der Waals surface area contributed by atoms with Crippen LogP contribution in [-0.2, 0) is 0 Å². The average Bonchev–Trinajstić information content (AvgIpc) is 2.48. The van der Waals surface area contributed by atoms with Gasteiger partial charge in [-0.2, -0.15) is 0 Å². The Morgan fingerprint density at radius 3 is 2.30 bits per heavy atom. The quantitative estimate of drug-likeness (QED) is 0.670. The van der Waals surface area contributed by atoms with E-state index in [9.17, 15) is 9.18 Å². The number of carbonyl (C=O) groups excluding carboxylic acids is 1. The van der Waals surface area contributed by atoms with E-state index in [2.05, 4.69) is 13.8 Å². The number of nitrogens with two attached hydrogens (primary N) is 1. The van der Waals surface area contributed by atoms with Crippen LogP contribution in [0.3, 0.4) is 0 Å². The molecule has 0 aliphatic rings. The van der Waals surface area contributed by atoms with Gasteiger partial charge in [-0.1, -0.05) is 38.1 Å². The largest absolute Gasteiger partial charge is 0.396 e. The maximum absolute atomic E-state index is 13.1. The highest BCUT2D eigenvalue weighted by Crippen LogP contribution is 2.21. The van der Waals surface area contributed by atoms with Gasteiger partial charge < -0.3 is 5.73 Å². The number of hydrogen-bond donors (Lipinski definition) is 1. The van der Waals surface area contributed by atoms with Crippen molar-refractivity contribution in [1.82, 2.24) is 0 Å². The molecule has 0 fully saturated rings. The molecule has 0 aromatic heterocycles. The lowest BCUT2D eigenvalue weighted by Gasteiger charge is -2.09. The van der Waals surface area contributed by atoms with Gasteiger partial charge in [-0.15, -0.1) is 0 Å². The van der Waals surface area contributed by atoms with Crippen LogP contribution in [0, 0.1) is 5.82 Å². The van der Waals surface area contributed by atoms with Crippen LogP contribution in [0.1, 0.15) is 47.7 Å². The smallest absolute Gasteiger partial charge is 0.193 e. The van der Waals surface area contributed by atoms with E-state index in [0.717, 1.165) is 6.42 Å². The van der Waals surface area contributed by atoms with E-state index in [1.807, 2.05) is 24.3 Å². The first-order valence-corrected chi connectivity index (χ1v) is 6.72. The third kappa shape index (κ3) is 2.87. The van der Waals surface area contributed by atoms with E-state index >= 15 is 0 Å². The summed E-state index contributed by atoms with van der Waals surface area (Å²) in [5, 5.41) is 0. The standard InChI is InChI=1S/C17H18FNO/c1-3-11(2)12-4-6-13(7-5-12)17(20)14-8-9-15(18)16(19)10-14/h4-11H,3,19H2,1-2H3. The van der Waals surface area contributed by atoms with Crippen LogP contribution < -0.4 is 5.73 Å². The second kappa shape index (κ2) is 5.87. The van der Waals surface area contributed by atoms with E-state index in [4.69, 9.17) is 5.73 Å². The van der Waals surface area contributed by atoms with Gasteiger partial charge in [-0.25, -0.2) is 4.39 Å². The third-order valence-corrected chi connectivity index (χ3v) is 3.61. The van der Waals surface area contributed by atoms with E-state index in [0.29, 0.717) is 17.0 Å². The van der Waals surface area contributed by atoms with Crippen LogP contribution in [0.25, 0.3) is 0 Å². The lowest BCUT2D eigenvalue weighted by molar-refractivity contribution is 0.103. The molecule has 2 aromatic carbocycles. The molecular formula is C17H18FNO. The normalized spacial score (nSPS) is 12.2. The van der Waals surface area contributed by atoms with Gasteiger partial charge >= 0.3 is 0 Å². The van der Waals surface area contributed by atoms with Crippen molar-refractivity contribution in [2.75, 3.05) is 5.73 Å². The van der Waals surface area contributed by atoms with Crippen LogP contribution in [0.15, 0.2) is 42.5 Å². The van der Waals surface area contributed by atoms with Gasteiger partial charge in [0.25, 0.3) is 0 Å². The molecule has 0 radical (unpaired) electrons. The Kier molecular flexibility index (Phi) is 4.18. The molecule has 2 nitrogen and oxygen atoms in total. The molecule has 104 valence electrons. The number of benzene rings is 2. The van der Waals surface area contributed by atoms with E-state index in [1.54, 1.807) is 0 Å². The van der Waals surface area contributed by atoms with Crippen molar-refractivity contribution < 1.29 is 9.18 Å². The molecule has 3 heteroatoms. The Labute approximate surface area is 118 Å². The molecule has 0 saturated carbocycles. The van der Waals surface area contributed by atoms with Crippen molar-refractivity contribution in [2.24, 2.45) is 0 Å². The molecule has 2 aromatic rings. The Morgan fingerprint density at radius 1 is 1.15 bits per heavy atom. The molecular weight excluding hydrogens is 253 g/mol. The Balaban J connectivity index is 2.27. The van der Waals surface area contributed by atoms with Gasteiger partial charge in [0.05, 0.1) is 5.69 Å². The molecule has 1 unspecified atom stereocenters. The minimum absolute atomic E-state index is 0.00734. The minimum atomic E-state index is -0.506. The average molecular weight is 271 g/mol. The number of anilines is 1. The fourth-order valence-electron chi connectivity index (χ4n) is 2.05. The topological polar surface area (TPSA) is 43.1 Å². The zero-order chi connectivity index (χ0) is 14.7. The summed E-state index contributed by atoms with van der Waals surface area (Å²) in [4.78, 5) is 12.3. The first kappa shape index (κ1) is 14.3. The predicted octanol–water partition coefficient (Wildman–Crippen LogP) is 4.15. The third-order valence-electron chi connectivity index (χ3n) is 3.61. The second-order valence-corrected chi connectivity index (χ2v) is 5.00. The molecule has 0 heterocycles. The van der Waals surface area contributed by atoms with E-state index in [1.165, 1.54) is 23.8 Å². The summed E-state index contributed by atoms with van der Waals surface area (Å²) >= 11 is 0. The molecule has 20 heavy (non-hydrogen) atoms. The summed E-state index contributed by atoms with van der Waals surface area (Å²) in [6, 6.07) is 11.6. The summed E-state index contributed by atoms with van der Waals surface area (Å²) in [7, 11) is 0. The molecule has 0 aliphatic heterocycles. The van der Waals surface area contributed by atoms with Crippen LogP contribution in [0.4, 0.5) is 10.1 Å². The van der Waals surface area contributed by atoms with Gasteiger partial charge in [0, 0.05) is 11.1 Å². The summed E-state index contributed by atoms with van der Waals surface area (Å²) in [6.45, 7) is 4.28. The Hall–Kier alpha value is -2.16. The van der Waals surface area contributed by atoms with Crippen LogP contribution >= 0.6 is 0 Å². The zero-order valence-corrected chi connectivity index (χ0v) is 11.7. The number of ketones is 1. The number of hydrogen-bond acceptors (Lipinski definition) is 2. The molecule has 0 spiro atoms. The number of carbonyl (C=O) groups is 1. The highest BCUT2D eigenvalue weighted by Gasteiger charge is 2.11. The monoisotopic (exact) mass is 271 g/mol. The van der Waals surface area contributed by atoms with E-state index < -0.39 is 5.82 Å². The SMILES string of the molecule is CCC(C)c1ccc(C(=O)c2ccc(F)c(N)c2)cc1. The lowest BCUT2D eigenvalue weighted by Crippen LogP contribution is -2.03. The first-order valence-electron chi connectivity index (χ1n) is 6.72. The van der Waals surface area contributed by atoms with Gasteiger partial charge in [-0.3, -0.25) is 4.79 Å². The van der Waals surface area contributed by atoms with Gasteiger partial charge in [0.2, 0.25) is 0 Å². The summed E-state index contributed by atoms with van der Waals surface area (Å²) in [5.41, 5.74) is 7.68. The van der Waals surface area contributed by atoms with Gasteiger partial charge in [0.15, 0.2) is 5.78 Å². The Morgan fingerprint density at radius 2 is 1.75 bits per heavy atom. The molecule has 0 saturated heterocycles. The lowest BCUT2D eigenvalue weighted by atomic mass is 9.95. The molecule has 1 atom stereocenters. The Bertz CT molecular complexity index is 619. The minimum Gasteiger partial charge on any atom is -0.396 e. The molecule has 2 rings (SSSR count). The van der Waals surface area contributed by atoms with Crippen molar-refractivity contribution >= 4 is 11.5 Å². The van der Waals surface area contributed by atoms with Crippen molar-refractivity contribution in [3.05, 3.63) is 65.0 Å². The number of halogens is 1. The van der Waals surface area contributed by atoms with Gasteiger partial charge in [-0.05, 0) is 36.1 Å². The summed E-state index contributed by atoms with van der Waals surface area (Å²) < 4.78 is 13.1. The zero-order valence-electron chi connectivity index (χ0n) is 11.7. The summed E-state index contributed by atoms with van der Waals surface area (Å²) in [5.74, 6) is -0.179. The summed E-state index contributed by atoms with van der Waals surface area (Å²) in [6.07, 6.45) is 1.06. The molecule has 0 amide bonds. The number of rotatable bonds is 4. The first-order chi connectivity index (χ1) is 9.52. The maximum atomic E-state index is 13.1. The number of nitrogen functional groups attached to an aromatic ring is 1. The highest BCUT2D eigenvalue weighted by atomic mass is 19.1. The maximum Gasteiger partial charge on any atom is 0.193 e. The van der Waals surface area contributed by atoms with Gasteiger partial charge in [0.1, 0.15) is 5.82 Å². The second-order valence-electron chi connectivity index (χ2n) is 5.00. The van der Waals surface area contributed by atoms with Crippen LogP contribution in [0.2, 0.25) is 0 Å². The van der Waals surface area contributed by atoms with Crippen LogP contribution in [-0.4, -0.2) is 5.78 Å². The van der Waals surface area contributed by atoms with Crippen LogP contribution in [0.5, 0.6) is 0 Å². The highest BCUT2D eigenvalue weighted by molar-refractivity contribution is 6.09. The van der Waals surface area contributed by atoms with Crippen molar-refractivity contribution in [3.63, 3.8) is 0 Å². The molecule has 0 bridgehead atoms. The molecule has 0 aliphatic carbocycles.